The standard InChI is InChI=1S/C23H16N2.CH4O3S/c1-2-8-16(9-3-1)23(19-14-24-21-12-6-4-10-17(19)21)20-15-25-22-13-7-5-11-18(20)22;1-5(2,3)4/h1-15,24H;1H3,(H,2,3,4)/b23-20+;. The summed E-state index contributed by atoms with van der Waals surface area (Å²) in [6.45, 7) is 0. The normalized spacial score (nSPS) is 14.2. The van der Waals surface area contributed by atoms with Crippen LogP contribution >= 0.6 is 0 Å². The van der Waals surface area contributed by atoms with Crippen molar-refractivity contribution in [2.45, 2.75) is 0 Å². The van der Waals surface area contributed by atoms with Crippen molar-refractivity contribution in [3.8, 4) is 0 Å². The lowest BCUT2D eigenvalue weighted by atomic mass is 9.90. The van der Waals surface area contributed by atoms with E-state index in [9.17, 15) is 0 Å². The Morgan fingerprint density at radius 1 is 0.900 bits per heavy atom. The number of benzene rings is 3. The second-order valence-corrected chi connectivity index (χ2v) is 8.35. The first-order chi connectivity index (χ1) is 14.4. The highest BCUT2D eigenvalue weighted by molar-refractivity contribution is 7.84. The average Bonchev–Trinajstić information content (AvgIpc) is 3.34. The molecular weight excluding hydrogens is 396 g/mol. The molecule has 0 fully saturated rings. The van der Waals surface area contributed by atoms with E-state index in [1.165, 1.54) is 33.2 Å². The molecule has 0 spiro atoms. The van der Waals surface area contributed by atoms with Gasteiger partial charge in [-0.2, -0.15) is 0 Å². The summed E-state index contributed by atoms with van der Waals surface area (Å²) < 4.78 is 27.2. The maximum atomic E-state index is 9.08. The molecule has 1 aliphatic heterocycles. The molecule has 5 nitrogen and oxygen atoms in total. The number of allylic oxidation sites excluding steroid dienone is 1. The van der Waals surface area contributed by atoms with E-state index in [4.69, 9.17) is 13.0 Å². The molecule has 150 valence electrons. The van der Waals surface area contributed by atoms with E-state index < -0.39 is 10.1 Å². The Bertz CT molecular complexity index is 1360. The van der Waals surface area contributed by atoms with Gasteiger partial charge in [-0.25, -0.2) is 13.4 Å². The molecule has 1 aliphatic rings. The van der Waals surface area contributed by atoms with Gasteiger partial charge in [0.1, 0.15) is 0 Å². The number of nitrogens with one attached hydrogen (secondary N) is 2. The van der Waals surface area contributed by atoms with Gasteiger partial charge in [-0.15, -0.1) is 0 Å². The van der Waals surface area contributed by atoms with Gasteiger partial charge >= 0.3 is 0 Å². The topological polar surface area (TPSA) is 87.0 Å². The first kappa shape index (κ1) is 19.8. The molecule has 5 rings (SSSR count). The van der Waals surface area contributed by atoms with Crippen molar-refractivity contribution in [2.75, 3.05) is 6.26 Å². The molecule has 2 heterocycles. The van der Waals surface area contributed by atoms with Crippen LogP contribution < -0.4 is 4.99 Å². The summed E-state index contributed by atoms with van der Waals surface area (Å²) in [6, 6.07) is 27.5. The smallest absolute Gasteiger partial charge is 0.211 e. The van der Waals surface area contributed by atoms with Crippen molar-refractivity contribution in [1.82, 2.24) is 4.98 Å². The Morgan fingerprint density at radius 2 is 1.53 bits per heavy atom. The molecule has 4 aromatic rings. The van der Waals surface area contributed by atoms with Crippen LogP contribution in [0.2, 0.25) is 0 Å². The molecule has 3 aromatic carbocycles. The zero-order valence-corrected chi connectivity index (χ0v) is 17.1. The Balaban J connectivity index is 0.000000393. The highest BCUT2D eigenvalue weighted by Gasteiger charge is 2.24. The minimum Gasteiger partial charge on any atom is -0.748 e. The lowest BCUT2D eigenvalue weighted by molar-refractivity contribution is -0.342. The average molecular weight is 417 g/mol. The lowest BCUT2D eigenvalue weighted by Crippen LogP contribution is -2.58. The summed E-state index contributed by atoms with van der Waals surface area (Å²) in [6.07, 6.45) is 4.84. The maximum absolute atomic E-state index is 9.08. The van der Waals surface area contributed by atoms with Gasteiger partial charge in [0.2, 0.25) is 5.69 Å². The number of rotatable bonds is 2. The van der Waals surface area contributed by atoms with Crippen LogP contribution in [0.5, 0.6) is 0 Å². The van der Waals surface area contributed by atoms with Gasteiger partial charge in [-0.05, 0) is 17.7 Å². The molecule has 0 amide bonds. The van der Waals surface area contributed by atoms with E-state index in [1.807, 2.05) is 0 Å². The molecular formula is C24H20N2O3S. The van der Waals surface area contributed by atoms with Gasteiger partial charge < -0.3 is 9.54 Å². The zero-order valence-electron chi connectivity index (χ0n) is 16.3. The van der Waals surface area contributed by atoms with Crippen LogP contribution in [-0.4, -0.2) is 30.4 Å². The SMILES string of the molecule is C1=[NH+]c2ccccc2/C1=C(\c1ccccc1)c1c[nH]c2ccccc12.CS(=O)(=O)[O-]. The maximum Gasteiger partial charge on any atom is 0.211 e. The van der Waals surface area contributed by atoms with E-state index >= 15 is 0 Å². The second kappa shape index (κ2) is 8.10. The number of aromatic nitrogens is 1. The quantitative estimate of drug-likeness (QED) is 0.492. The fourth-order valence-corrected chi connectivity index (χ4v) is 3.62. The molecule has 0 atom stereocenters. The number of aromatic amines is 1. The van der Waals surface area contributed by atoms with E-state index in [-0.39, 0.29) is 0 Å². The minimum absolute atomic E-state index is 0.604. The van der Waals surface area contributed by atoms with E-state index in [0.29, 0.717) is 6.26 Å². The van der Waals surface area contributed by atoms with E-state index in [2.05, 4.69) is 101 Å². The first-order valence-corrected chi connectivity index (χ1v) is 11.2. The van der Waals surface area contributed by atoms with Crippen LogP contribution in [0, 0.1) is 0 Å². The van der Waals surface area contributed by atoms with Crippen LogP contribution in [0.4, 0.5) is 5.69 Å². The highest BCUT2D eigenvalue weighted by Crippen LogP contribution is 2.37. The Labute approximate surface area is 175 Å². The van der Waals surface area contributed by atoms with Crippen LogP contribution in [0.3, 0.4) is 0 Å². The fraction of sp³-hybridized carbons (Fsp3) is 0.0417. The van der Waals surface area contributed by atoms with Gasteiger partial charge in [0, 0.05) is 40.6 Å². The van der Waals surface area contributed by atoms with Crippen molar-refractivity contribution in [3.63, 3.8) is 0 Å². The first-order valence-electron chi connectivity index (χ1n) is 9.38. The minimum atomic E-state index is -3.92. The molecule has 0 unspecified atom stereocenters. The van der Waals surface area contributed by atoms with Crippen molar-refractivity contribution in [2.24, 2.45) is 0 Å². The Hall–Kier alpha value is -3.48. The van der Waals surface area contributed by atoms with Gasteiger partial charge in [0.25, 0.3) is 0 Å². The van der Waals surface area contributed by atoms with E-state index in [1.54, 1.807) is 0 Å². The Kier molecular flexibility index (Phi) is 5.35. The third-order valence-electron chi connectivity index (χ3n) is 4.78. The van der Waals surface area contributed by atoms with Crippen molar-refractivity contribution < 1.29 is 18.0 Å². The number of hydrogen-bond donors (Lipinski definition) is 2. The fourth-order valence-electron chi connectivity index (χ4n) is 3.62. The third-order valence-corrected chi connectivity index (χ3v) is 4.78. The van der Waals surface area contributed by atoms with Gasteiger partial charge in [-0.3, -0.25) is 0 Å². The van der Waals surface area contributed by atoms with Crippen LogP contribution in [0.15, 0.2) is 85.1 Å². The molecule has 0 radical (unpaired) electrons. The third kappa shape index (κ3) is 4.25. The molecule has 0 saturated heterocycles. The molecule has 6 heteroatoms. The predicted octanol–water partition coefficient (Wildman–Crippen LogP) is 3.08. The summed E-state index contributed by atoms with van der Waals surface area (Å²) in [7, 11) is -3.92. The Morgan fingerprint density at radius 3 is 2.30 bits per heavy atom. The molecule has 0 bridgehead atoms. The number of fused-ring (bicyclic) bond motifs is 2. The molecule has 1 aromatic heterocycles. The van der Waals surface area contributed by atoms with Crippen molar-refractivity contribution in [1.29, 1.82) is 0 Å². The van der Waals surface area contributed by atoms with Crippen LogP contribution in [0.1, 0.15) is 16.7 Å². The van der Waals surface area contributed by atoms with Gasteiger partial charge in [-0.1, -0.05) is 60.7 Å². The van der Waals surface area contributed by atoms with Crippen molar-refractivity contribution in [3.05, 3.63) is 102 Å². The molecule has 0 aliphatic carbocycles. The largest absolute Gasteiger partial charge is 0.748 e. The number of hydrogen-bond acceptors (Lipinski definition) is 3. The van der Waals surface area contributed by atoms with Gasteiger partial charge in [0.05, 0.1) is 21.3 Å². The zero-order chi connectivity index (χ0) is 21.1. The number of para-hydroxylation sites is 2. The van der Waals surface area contributed by atoms with Gasteiger partial charge in [0.15, 0.2) is 6.21 Å². The van der Waals surface area contributed by atoms with Crippen molar-refractivity contribution >= 4 is 44.1 Å². The lowest BCUT2D eigenvalue weighted by Gasteiger charge is -2.10. The van der Waals surface area contributed by atoms with E-state index in [0.717, 1.165) is 11.2 Å². The molecule has 2 N–H and O–H groups in total. The summed E-state index contributed by atoms with van der Waals surface area (Å²) in [5.74, 6) is 0. The predicted molar refractivity (Wildman–Crippen MR) is 119 cm³/mol. The van der Waals surface area contributed by atoms with Crippen LogP contribution in [0.25, 0.3) is 22.0 Å². The summed E-state index contributed by atoms with van der Waals surface area (Å²) in [5, 5.41) is 1.24. The summed E-state index contributed by atoms with van der Waals surface area (Å²) in [5.41, 5.74) is 8.48. The summed E-state index contributed by atoms with van der Waals surface area (Å²) >= 11 is 0. The monoisotopic (exact) mass is 416 g/mol. The second-order valence-electron chi connectivity index (χ2n) is 6.94. The highest BCUT2D eigenvalue weighted by atomic mass is 32.2. The molecule has 30 heavy (non-hydrogen) atoms. The number of H-pyrrole nitrogens is 1. The molecule has 0 saturated carbocycles. The summed E-state index contributed by atoms with van der Waals surface area (Å²) in [4.78, 5) is 6.83. The van der Waals surface area contributed by atoms with Crippen LogP contribution in [-0.2, 0) is 10.1 Å².